The second kappa shape index (κ2) is 54.0. The first kappa shape index (κ1) is 104. The fourth-order valence-electron chi connectivity index (χ4n) is 14.5. The van der Waals surface area contributed by atoms with Gasteiger partial charge in [0.15, 0.2) is 5.96 Å². The number of carbonyl (C=O) groups is 17. The number of aliphatic carboxylic acids is 1. The summed E-state index contributed by atoms with van der Waals surface area (Å²) in [6.45, 7) is -1.89. The number of carbonyl (C=O) groups excluding carboxylic acids is 16. The average molecular weight is 1840 g/mol. The zero-order valence-corrected chi connectivity index (χ0v) is 72.8. The molecule has 14 atom stereocenters. The van der Waals surface area contributed by atoms with E-state index in [1.807, 2.05) is 6.07 Å². The topological polar surface area (TPSA) is 774 Å². The van der Waals surface area contributed by atoms with E-state index in [4.69, 9.17) is 42.9 Å². The lowest BCUT2D eigenvalue weighted by Crippen LogP contribution is -2.62. The number of imidazole rings is 1. The highest BCUT2D eigenvalue weighted by molar-refractivity contribution is 6.03. The van der Waals surface area contributed by atoms with E-state index in [1.165, 1.54) is 19.6 Å². The van der Waals surface area contributed by atoms with Crippen LogP contribution in [0.25, 0.3) is 10.9 Å². The highest BCUT2D eigenvalue weighted by Crippen LogP contribution is 2.48. The van der Waals surface area contributed by atoms with Crippen molar-refractivity contribution in [3.63, 3.8) is 0 Å². The summed E-state index contributed by atoms with van der Waals surface area (Å²) < 4.78 is 10.7. The van der Waals surface area contributed by atoms with Crippen LogP contribution < -0.4 is 114 Å². The van der Waals surface area contributed by atoms with Gasteiger partial charge in [0.25, 0.3) is 0 Å². The Bertz CT molecular complexity index is 4580. The van der Waals surface area contributed by atoms with Crippen molar-refractivity contribution in [2.45, 2.75) is 201 Å². The largest absolute Gasteiger partial charge is 0.481 e. The number of carboxylic acids is 1. The number of aromatic nitrogens is 3. The molecule has 3 aliphatic rings. The number of guanidine groups is 1. The van der Waals surface area contributed by atoms with E-state index < -0.39 is 249 Å². The third-order valence-electron chi connectivity index (χ3n) is 21.6. The van der Waals surface area contributed by atoms with Crippen molar-refractivity contribution in [1.82, 2.24) is 110 Å². The quantitative estimate of drug-likeness (QED) is 0.00488. The van der Waals surface area contributed by atoms with Crippen LogP contribution in [0.15, 0.2) is 83.8 Å². The van der Waals surface area contributed by atoms with Gasteiger partial charge in [0.05, 0.1) is 63.8 Å². The summed E-state index contributed by atoms with van der Waals surface area (Å²) >= 11 is 0. The molecule has 16 amide bonds. The Morgan fingerprint density at radius 1 is 0.679 bits per heavy atom. The highest BCUT2D eigenvalue weighted by atomic mass is 16.5. The van der Waals surface area contributed by atoms with Crippen molar-refractivity contribution in [2.24, 2.45) is 39.3 Å². The number of carboxylic acid groups (broad SMARTS) is 1. The molecule has 1 aliphatic carbocycles. The summed E-state index contributed by atoms with van der Waals surface area (Å²) in [4.78, 5) is 248. The number of amides is 16. The summed E-state index contributed by atoms with van der Waals surface area (Å²) in [6, 6.07) is -1.09. The first-order valence-electron chi connectivity index (χ1n) is 43.0. The second-order valence-corrected chi connectivity index (χ2v) is 31.5. The molecule has 31 N–H and O–H groups in total. The van der Waals surface area contributed by atoms with E-state index in [2.05, 4.69) is 116 Å². The van der Waals surface area contributed by atoms with E-state index in [9.17, 15) is 72.5 Å². The molecule has 2 aromatic heterocycles. The van der Waals surface area contributed by atoms with E-state index >= 15 is 19.2 Å². The van der Waals surface area contributed by atoms with Gasteiger partial charge in [-0.15, -0.1) is 0 Å². The van der Waals surface area contributed by atoms with Crippen LogP contribution in [-0.4, -0.2) is 306 Å². The summed E-state index contributed by atoms with van der Waals surface area (Å²) in [7, 11) is 1.52. The van der Waals surface area contributed by atoms with Crippen molar-refractivity contribution in [2.75, 3.05) is 86.0 Å². The number of benzene rings is 2. The zero-order chi connectivity index (χ0) is 95.5. The van der Waals surface area contributed by atoms with Crippen LogP contribution in [-0.2, 0) is 110 Å². The minimum absolute atomic E-state index is 0.00263. The molecule has 4 heterocycles. The van der Waals surface area contributed by atoms with Crippen LogP contribution in [0.5, 0.6) is 0 Å². The minimum Gasteiger partial charge on any atom is -0.481 e. The van der Waals surface area contributed by atoms with Crippen LogP contribution in [0.3, 0.4) is 0 Å². The molecule has 1 unspecified atom stereocenters. The number of aromatic amines is 2. The highest BCUT2D eigenvalue weighted by Gasteiger charge is 2.64. The van der Waals surface area contributed by atoms with Crippen molar-refractivity contribution in [1.29, 1.82) is 5.41 Å². The molecule has 3 fully saturated rings. The number of fused-ring (bicyclic) bond motifs is 3. The fourth-order valence-corrected chi connectivity index (χ4v) is 14.5. The third-order valence-corrected chi connectivity index (χ3v) is 21.6. The van der Waals surface area contributed by atoms with Gasteiger partial charge in [-0.2, -0.15) is 0 Å². The number of aliphatic hydroxyl groups excluding tert-OH is 2. The van der Waals surface area contributed by atoms with Crippen LogP contribution in [0, 0.1) is 11.3 Å². The lowest BCUT2D eigenvalue weighted by atomic mass is 10.0. The predicted octanol–water partition coefficient (Wildman–Crippen LogP) is -8.90. The van der Waals surface area contributed by atoms with Crippen LogP contribution >= 0.6 is 0 Å². The molecule has 0 bridgehead atoms. The van der Waals surface area contributed by atoms with Gasteiger partial charge in [0.2, 0.25) is 94.5 Å². The lowest BCUT2D eigenvalue weighted by Gasteiger charge is -2.32. The molecular weight excluding hydrogens is 1720 g/mol. The standard InChI is InChI=1S/C81H122N28O22/c1-3-4-16-55(100-75(125)60(36-82)105-74(124)59(33-48-38-88-43-94-48)103-71(121)56(20-22-63(83)112)101-76(126)61(41-110)97-65(114)39-93-66(115)42-131-29-28-130-27-26-90-69(119)53(21-23-67(116)117)95-44-96-108-107-87-2)77(127)106-81-35-47(81)32-64(113)89-24-11-10-18-52(68(84)118)98-73(123)58(31-46-37-92-51-17-9-8-15-50(46)51)102-70(120)54(19-12-25-91-80(85)86)99-72(122)57(30-45-13-6-5-7-14-45)104-78(128)62-34-49(111)40-109(62)79(81)129/h5-9,13-15,17,37-38,43,47,49,52-62,92,95,110-111H,3-4,10-12,16,18-36,39-42,44,82H2,1-2H3,(H2,83,112)(H2,84,118)(H,87,108)(H,88,94)(H,89,113)(H,90,119)(H,93,115)(H,96,107)(H,97,114)(H,98,123)(H,99,122)(H,100,125)(H,101,126)(H,102,120)(H,103,121)(H,104,128)(H,105,124)(H,106,127)(H,116,117)(H4,85,86,91)/t47-,49-,52+,53-,54+,55+,56+,57-,58+,59+,60+,61+,62+,81?/m1/s1. The molecule has 2 aliphatic heterocycles. The molecule has 50 nitrogen and oxygen atoms in total. The molecule has 1 saturated carbocycles. The first-order valence-corrected chi connectivity index (χ1v) is 43.0. The van der Waals surface area contributed by atoms with Gasteiger partial charge >= 0.3 is 5.97 Å². The fraction of sp³-hybridized carbons (Fsp3) is 0.568. The Morgan fingerprint density at radius 3 is 2.03 bits per heavy atom. The minimum atomic E-state index is -2.04. The van der Waals surface area contributed by atoms with E-state index in [0.717, 1.165) is 4.90 Å². The van der Waals surface area contributed by atoms with Gasteiger partial charge in [-0.3, -0.25) is 103 Å². The number of nitrogens with two attached hydrogens (primary N) is 4. The molecule has 0 radical (unpaired) electrons. The van der Waals surface area contributed by atoms with E-state index in [-0.39, 0.29) is 135 Å². The maximum atomic E-state index is 15.7. The Kier molecular flexibility index (Phi) is 43.1. The van der Waals surface area contributed by atoms with Gasteiger partial charge in [-0.05, 0) is 75.0 Å². The van der Waals surface area contributed by atoms with Crippen molar-refractivity contribution >= 4 is 117 Å². The van der Waals surface area contributed by atoms with Gasteiger partial charge in [-0.25, -0.2) is 4.98 Å². The number of nitrogens with zero attached hydrogens (tertiary/aromatic N) is 4. The lowest BCUT2D eigenvalue weighted by molar-refractivity contribution is -0.144. The average Bonchev–Trinajstić information content (AvgIpc) is 1.56. The maximum Gasteiger partial charge on any atom is 0.303 e. The number of hydrogen-bond donors (Lipinski definition) is 27. The molecule has 2 saturated heterocycles. The number of primary amides is 2. The smallest absolute Gasteiger partial charge is 0.303 e. The molecule has 718 valence electrons. The molecule has 0 spiro atoms. The number of rotatable bonds is 49. The Hall–Kier alpha value is -13.6. The molecule has 7 rings (SSSR count). The summed E-state index contributed by atoms with van der Waals surface area (Å²) in [5.41, 5.74) is 28.0. The first-order chi connectivity index (χ1) is 62.8. The summed E-state index contributed by atoms with van der Waals surface area (Å²) in [5.74, 6) is -17.3. The van der Waals surface area contributed by atoms with Crippen LogP contribution in [0.4, 0.5) is 0 Å². The molecule has 4 aromatic rings. The van der Waals surface area contributed by atoms with E-state index in [0.29, 0.717) is 28.5 Å². The molecular formula is C81H122N28O22. The van der Waals surface area contributed by atoms with E-state index in [1.54, 1.807) is 61.7 Å². The van der Waals surface area contributed by atoms with Gasteiger partial charge in [0, 0.05) is 114 Å². The number of aliphatic hydroxyl groups is 2. The third kappa shape index (κ3) is 34.7. The number of hydrogen-bond acceptors (Lipinski definition) is 27. The predicted molar refractivity (Wildman–Crippen MR) is 464 cm³/mol. The van der Waals surface area contributed by atoms with Crippen LogP contribution in [0.1, 0.15) is 120 Å². The number of unbranched alkanes of at least 4 members (excludes halogenated alkanes) is 1. The number of nitrogens with one attached hydrogen (secondary N) is 20. The molecule has 50 heteroatoms. The van der Waals surface area contributed by atoms with Crippen molar-refractivity contribution < 1.29 is 106 Å². The Morgan fingerprint density at radius 2 is 1.34 bits per heavy atom. The Labute approximate surface area is 752 Å². The van der Waals surface area contributed by atoms with Crippen molar-refractivity contribution in [3.8, 4) is 0 Å². The van der Waals surface area contributed by atoms with Gasteiger partial charge in [0.1, 0.15) is 72.6 Å². The normalized spacial score (nSPS) is 20.6. The maximum absolute atomic E-state index is 15.7. The molecule has 131 heavy (non-hydrogen) atoms. The van der Waals surface area contributed by atoms with Crippen LogP contribution in [0.2, 0.25) is 0 Å². The number of H-pyrrole nitrogens is 2. The number of para-hydroxylation sites is 1. The second-order valence-electron chi connectivity index (χ2n) is 31.5. The van der Waals surface area contributed by atoms with Gasteiger partial charge in [-0.1, -0.05) is 78.7 Å². The zero-order valence-electron chi connectivity index (χ0n) is 72.8. The number of ether oxygens (including phenoxy) is 2. The van der Waals surface area contributed by atoms with Crippen molar-refractivity contribution in [3.05, 3.63) is 90.1 Å². The Balaban J connectivity index is 1.04. The monoisotopic (exact) mass is 1840 g/mol. The summed E-state index contributed by atoms with van der Waals surface area (Å²) in [6.07, 6.45) is 0.501. The molecule has 2 aromatic carbocycles. The SMILES string of the molecule is CCCC[C@H](NC(=O)[C@H](CN)NC(=O)[C@H](Cc1c[nH]cn1)NC(=O)[C@H](CCC(N)=O)NC(=O)[C@H](CO)NC(=O)CNC(=O)COCCOCCNC(=O)[C@@H](CCC(=O)O)NCN/N=N\NC)C(=O)NC12C[C@H]1CC(=O)NCCCC[C@@H](C(N)=O)NC(=O)[C@H](Cc1c[nH]c3ccccc13)NC(=O)[C@H](CCCNC(=N)N)NC(=O)[C@@H](Cc1ccccc1)NC(=O)[C@@H]1C[C@@H](O)CN1C2=O. The van der Waals surface area contributed by atoms with Gasteiger partial charge < -0.3 is 137 Å². The summed E-state index contributed by atoms with van der Waals surface area (Å²) in [5, 5.41) is 85.3.